The van der Waals surface area contributed by atoms with Crippen molar-refractivity contribution < 1.29 is 14.3 Å². The molecule has 0 radical (unpaired) electrons. The van der Waals surface area contributed by atoms with E-state index in [1.807, 2.05) is 24.3 Å². The number of rotatable bonds is 4. The number of alkyl carbamates (subject to hydrolysis) is 1. The molecule has 2 rings (SSSR count). The first-order chi connectivity index (χ1) is 8.65. The van der Waals surface area contributed by atoms with Crippen molar-refractivity contribution >= 4 is 23.6 Å². The van der Waals surface area contributed by atoms with Crippen molar-refractivity contribution in [3.63, 3.8) is 0 Å². The standard InChI is InChI=1S/C12H13ClN2O3/c13-9-3-1-8(2-4-9)5-6-14-11(16)10-7-18-12(17)15-10/h1-4,10H,5-7H2,(H,14,16)(H,15,17). The Morgan fingerprint density at radius 1 is 1.44 bits per heavy atom. The summed E-state index contributed by atoms with van der Waals surface area (Å²) in [6, 6.07) is 6.86. The van der Waals surface area contributed by atoms with Crippen LogP contribution in [0.5, 0.6) is 0 Å². The summed E-state index contributed by atoms with van der Waals surface area (Å²) < 4.78 is 4.64. The van der Waals surface area contributed by atoms with Crippen LogP contribution < -0.4 is 10.6 Å². The van der Waals surface area contributed by atoms with Crippen LogP contribution in [0.1, 0.15) is 5.56 Å². The molecule has 1 unspecified atom stereocenters. The first kappa shape index (κ1) is 12.7. The van der Waals surface area contributed by atoms with Crippen LogP contribution in [0.4, 0.5) is 4.79 Å². The van der Waals surface area contributed by atoms with Gasteiger partial charge in [0.15, 0.2) is 0 Å². The van der Waals surface area contributed by atoms with E-state index in [1.165, 1.54) is 0 Å². The molecular weight excluding hydrogens is 256 g/mol. The minimum absolute atomic E-state index is 0.0889. The summed E-state index contributed by atoms with van der Waals surface area (Å²) in [6.45, 7) is 0.596. The molecule has 1 aromatic carbocycles. The van der Waals surface area contributed by atoms with Crippen molar-refractivity contribution in [1.82, 2.24) is 10.6 Å². The second-order valence-corrected chi connectivity index (χ2v) is 4.40. The number of halogens is 1. The first-order valence-electron chi connectivity index (χ1n) is 5.60. The zero-order chi connectivity index (χ0) is 13.0. The van der Waals surface area contributed by atoms with Gasteiger partial charge in [-0.3, -0.25) is 4.79 Å². The van der Waals surface area contributed by atoms with Crippen molar-refractivity contribution in [3.05, 3.63) is 34.9 Å². The molecule has 2 amide bonds. The fourth-order valence-corrected chi connectivity index (χ4v) is 1.76. The Kier molecular flexibility index (Phi) is 4.04. The monoisotopic (exact) mass is 268 g/mol. The minimum Gasteiger partial charge on any atom is -0.447 e. The number of carbonyl (C=O) groups is 2. The van der Waals surface area contributed by atoms with E-state index in [1.54, 1.807) is 0 Å². The molecule has 1 aromatic rings. The number of cyclic esters (lactones) is 1. The highest BCUT2D eigenvalue weighted by atomic mass is 35.5. The van der Waals surface area contributed by atoms with Crippen LogP contribution in [0.3, 0.4) is 0 Å². The van der Waals surface area contributed by atoms with Crippen molar-refractivity contribution in [2.75, 3.05) is 13.2 Å². The van der Waals surface area contributed by atoms with Crippen LogP contribution in [0, 0.1) is 0 Å². The topological polar surface area (TPSA) is 67.4 Å². The second kappa shape index (κ2) is 5.73. The Morgan fingerprint density at radius 2 is 2.17 bits per heavy atom. The molecular formula is C12H13ClN2O3. The van der Waals surface area contributed by atoms with Gasteiger partial charge in [-0.25, -0.2) is 4.79 Å². The molecule has 1 heterocycles. The number of hydrogen-bond acceptors (Lipinski definition) is 3. The van der Waals surface area contributed by atoms with Crippen molar-refractivity contribution in [1.29, 1.82) is 0 Å². The first-order valence-corrected chi connectivity index (χ1v) is 5.98. The highest BCUT2D eigenvalue weighted by Gasteiger charge is 2.28. The summed E-state index contributed by atoms with van der Waals surface area (Å²) in [4.78, 5) is 22.4. The molecule has 0 aliphatic carbocycles. The zero-order valence-electron chi connectivity index (χ0n) is 9.61. The summed E-state index contributed by atoms with van der Waals surface area (Å²) in [5.74, 6) is -0.227. The van der Waals surface area contributed by atoms with Gasteiger partial charge in [-0.05, 0) is 24.1 Å². The lowest BCUT2D eigenvalue weighted by Crippen LogP contribution is -2.43. The van der Waals surface area contributed by atoms with Gasteiger partial charge in [0.05, 0.1) is 0 Å². The van der Waals surface area contributed by atoms with Crippen molar-refractivity contribution in [3.8, 4) is 0 Å². The van der Waals surface area contributed by atoms with E-state index >= 15 is 0 Å². The smallest absolute Gasteiger partial charge is 0.407 e. The van der Waals surface area contributed by atoms with E-state index in [2.05, 4.69) is 15.4 Å². The summed E-state index contributed by atoms with van der Waals surface area (Å²) in [7, 11) is 0. The highest BCUT2D eigenvalue weighted by molar-refractivity contribution is 6.30. The summed E-state index contributed by atoms with van der Waals surface area (Å²) in [5.41, 5.74) is 1.09. The minimum atomic E-state index is -0.581. The van der Waals surface area contributed by atoms with Crippen molar-refractivity contribution in [2.45, 2.75) is 12.5 Å². The molecule has 1 saturated heterocycles. The van der Waals surface area contributed by atoms with E-state index in [-0.39, 0.29) is 12.5 Å². The van der Waals surface area contributed by atoms with Crippen LogP contribution in [0.25, 0.3) is 0 Å². The highest BCUT2D eigenvalue weighted by Crippen LogP contribution is 2.09. The van der Waals surface area contributed by atoms with E-state index in [9.17, 15) is 9.59 Å². The summed E-state index contributed by atoms with van der Waals surface area (Å²) >= 11 is 5.77. The Labute approximate surface area is 109 Å². The normalized spacial score (nSPS) is 18.1. The van der Waals surface area contributed by atoms with Gasteiger partial charge in [0.1, 0.15) is 12.6 Å². The Bertz CT molecular complexity index is 447. The molecule has 0 bridgehead atoms. The van der Waals surface area contributed by atoms with E-state index in [0.29, 0.717) is 18.0 Å². The second-order valence-electron chi connectivity index (χ2n) is 3.96. The van der Waals surface area contributed by atoms with Crippen LogP contribution in [-0.2, 0) is 16.0 Å². The lowest BCUT2D eigenvalue weighted by Gasteiger charge is -2.08. The number of hydrogen-bond donors (Lipinski definition) is 2. The lowest BCUT2D eigenvalue weighted by atomic mass is 10.1. The zero-order valence-corrected chi connectivity index (χ0v) is 10.4. The number of amides is 2. The molecule has 5 nitrogen and oxygen atoms in total. The number of carbonyl (C=O) groups excluding carboxylic acids is 2. The van der Waals surface area contributed by atoms with Gasteiger partial charge in [0.2, 0.25) is 5.91 Å². The van der Waals surface area contributed by atoms with Crippen LogP contribution >= 0.6 is 11.6 Å². The van der Waals surface area contributed by atoms with Gasteiger partial charge in [-0.2, -0.15) is 0 Å². The van der Waals surface area contributed by atoms with Gasteiger partial charge >= 0.3 is 6.09 Å². The quantitative estimate of drug-likeness (QED) is 0.860. The van der Waals surface area contributed by atoms with Crippen LogP contribution in [0.15, 0.2) is 24.3 Å². The Morgan fingerprint density at radius 3 is 2.78 bits per heavy atom. The molecule has 2 N–H and O–H groups in total. The third kappa shape index (κ3) is 3.37. The molecule has 1 aliphatic heterocycles. The number of benzene rings is 1. The Hall–Kier alpha value is -1.75. The summed E-state index contributed by atoms with van der Waals surface area (Å²) in [5, 5.41) is 5.85. The van der Waals surface area contributed by atoms with Gasteiger partial charge in [0.25, 0.3) is 0 Å². The van der Waals surface area contributed by atoms with E-state index < -0.39 is 12.1 Å². The predicted molar refractivity (Wildman–Crippen MR) is 66.4 cm³/mol. The largest absolute Gasteiger partial charge is 0.447 e. The van der Waals surface area contributed by atoms with Crippen LogP contribution in [0.2, 0.25) is 5.02 Å². The van der Waals surface area contributed by atoms with Gasteiger partial charge in [0, 0.05) is 11.6 Å². The van der Waals surface area contributed by atoms with Crippen LogP contribution in [-0.4, -0.2) is 31.2 Å². The van der Waals surface area contributed by atoms with Crippen molar-refractivity contribution in [2.24, 2.45) is 0 Å². The fourth-order valence-electron chi connectivity index (χ4n) is 1.63. The fraction of sp³-hybridized carbons (Fsp3) is 0.333. The molecule has 0 aromatic heterocycles. The molecule has 1 aliphatic rings. The molecule has 1 atom stereocenters. The third-order valence-corrected chi connectivity index (χ3v) is 2.87. The number of ether oxygens (including phenoxy) is 1. The molecule has 96 valence electrons. The maximum atomic E-state index is 11.6. The predicted octanol–water partition coefficient (Wildman–Crippen LogP) is 1.11. The maximum absolute atomic E-state index is 11.6. The third-order valence-electron chi connectivity index (χ3n) is 2.62. The van der Waals surface area contributed by atoms with Gasteiger partial charge < -0.3 is 15.4 Å². The van der Waals surface area contributed by atoms with E-state index in [4.69, 9.17) is 11.6 Å². The lowest BCUT2D eigenvalue weighted by molar-refractivity contribution is -0.122. The molecule has 18 heavy (non-hydrogen) atoms. The molecule has 1 fully saturated rings. The number of nitrogens with one attached hydrogen (secondary N) is 2. The summed E-state index contributed by atoms with van der Waals surface area (Å²) in [6.07, 6.45) is 0.164. The average molecular weight is 269 g/mol. The molecule has 0 spiro atoms. The van der Waals surface area contributed by atoms with E-state index in [0.717, 1.165) is 5.56 Å². The Balaban J connectivity index is 1.73. The SMILES string of the molecule is O=C1NC(C(=O)NCCc2ccc(Cl)cc2)CO1. The van der Waals surface area contributed by atoms with Gasteiger partial charge in [-0.15, -0.1) is 0 Å². The average Bonchev–Trinajstić information content (AvgIpc) is 2.78. The van der Waals surface area contributed by atoms with Gasteiger partial charge in [-0.1, -0.05) is 23.7 Å². The maximum Gasteiger partial charge on any atom is 0.407 e. The molecule has 0 saturated carbocycles. The molecule has 6 heteroatoms.